The Hall–Kier alpha value is -1.62. The van der Waals surface area contributed by atoms with Crippen LogP contribution in [0.1, 0.15) is 55.8 Å². The minimum atomic E-state index is -0.513. The number of aromatic nitrogens is 1. The molecular formula is C18H27N3O2. The Morgan fingerprint density at radius 3 is 2.52 bits per heavy atom. The zero-order valence-corrected chi connectivity index (χ0v) is 13.9. The van der Waals surface area contributed by atoms with Gasteiger partial charge in [0.15, 0.2) is 0 Å². The summed E-state index contributed by atoms with van der Waals surface area (Å²) in [4.78, 5) is 19.2. The normalized spacial score (nSPS) is 21.4. The first kappa shape index (κ1) is 16.2. The van der Waals surface area contributed by atoms with Crippen molar-refractivity contribution in [2.45, 2.75) is 51.0 Å². The van der Waals surface area contributed by atoms with Crippen molar-refractivity contribution in [3.8, 4) is 0 Å². The molecule has 23 heavy (non-hydrogen) atoms. The fraction of sp³-hybridized carbons (Fsp3) is 0.667. The van der Waals surface area contributed by atoms with E-state index in [0.717, 1.165) is 31.7 Å². The zero-order valence-electron chi connectivity index (χ0n) is 13.9. The minimum Gasteiger partial charge on any atom is -0.394 e. The van der Waals surface area contributed by atoms with Gasteiger partial charge in [0.25, 0.3) is 5.91 Å². The molecule has 1 atom stereocenters. The van der Waals surface area contributed by atoms with Crippen LogP contribution in [0.25, 0.3) is 0 Å². The summed E-state index contributed by atoms with van der Waals surface area (Å²) in [5.74, 6) is 1.19. The highest BCUT2D eigenvalue weighted by Crippen LogP contribution is 2.39. The van der Waals surface area contributed by atoms with E-state index in [2.05, 4.69) is 15.2 Å². The fourth-order valence-corrected chi connectivity index (χ4v) is 3.33. The molecule has 1 aromatic heterocycles. The first-order valence-electron chi connectivity index (χ1n) is 8.77. The molecule has 2 N–H and O–H groups in total. The molecule has 1 aromatic rings. The molecule has 1 saturated heterocycles. The van der Waals surface area contributed by atoms with Crippen molar-refractivity contribution in [3.63, 3.8) is 0 Å². The smallest absolute Gasteiger partial charge is 0.253 e. The number of pyridine rings is 1. The average molecular weight is 317 g/mol. The number of anilines is 1. The highest BCUT2D eigenvalue weighted by atomic mass is 16.3. The number of nitrogens with zero attached hydrogens (tertiary/aromatic N) is 2. The number of hydrogen-bond donors (Lipinski definition) is 2. The minimum absolute atomic E-state index is 0.0251. The van der Waals surface area contributed by atoms with Crippen LogP contribution in [0.2, 0.25) is 0 Å². The summed E-state index contributed by atoms with van der Waals surface area (Å²) >= 11 is 0. The van der Waals surface area contributed by atoms with Crippen LogP contribution in [0.5, 0.6) is 0 Å². The molecule has 2 fully saturated rings. The van der Waals surface area contributed by atoms with Gasteiger partial charge in [-0.15, -0.1) is 0 Å². The molecule has 5 heteroatoms. The van der Waals surface area contributed by atoms with Crippen LogP contribution in [0.15, 0.2) is 18.3 Å². The summed E-state index contributed by atoms with van der Waals surface area (Å²) in [6.45, 7) is 3.98. The highest BCUT2D eigenvalue weighted by Gasteiger charge is 2.42. The standard InChI is InChI=1S/C18H27N3O2/c1-18(13-22,15-7-8-15)20-17(23)14-6-9-16(19-12-14)21-10-4-2-3-5-11-21/h6,9,12,15,22H,2-5,7-8,10-11,13H2,1H3,(H,20,23). The highest BCUT2D eigenvalue weighted by molar-refractivity contribution is 5.94. The predicted octanol–water partition coefficient (Wildman–Crippen LogP) is 2.35. The molecule has 126 valence electrons. The number of carbonyl (C=O) groups excluding carboxylic acids is 1. The maximum Gasteiger partial charge on any atom is 0.253 e. The lowest BCUT2D eigenvalue weighted by Crippen LogP contribution is -2.50. The van der Waals surface area contributed by atoms with Crippen LogP contribution >= 0.6 is 0 Å². The molecule has 0 spiro atoms. The van der Waals surface area contributed by atoms with Gasteiger partial charge in [-0.25, -0.2) is 4.98 Å². The van der Waals surface area contributed by atoms with Crippen molar-refractivity contribution in [2.24, 2.45) is 5.92 Å². The number of aliphatic hydroxyl groups is 1. The molecule has 5 nitrogen and oxygen atoms in total. The number of amides is 1. The van der Waals surface area contributed by atoms with Crippen LogP contribution < -0.4 is 10.2 Å². The predicted molar refractivity (Wildman–Crippen MR) is 90.6 cm³/mol. The lowest BCUT2D eigenvalue weighted by molar-refractivity contribution is 0.0824. The third-order valence-electron chi connectivity index (χ3n) is 5.15. The number of nitrogens with one attached hydrogen (secondary N) is 1. The first-order valence-corrected chi connectivity index (χ1v) is 8.77. The van der Waals surface area contributed by atoms with Gasteiger partial charge in [-0.1, -0.05) is 12.8 Å². The van der Waals surface area contributed by atoms with E-state index < -0.39 is 5.54 Å². The van der Waals surface area contributed by atoms with Gasteiger partial charge in [-0.2, -0.15) is 0 Å². The molecule has 1 unspecified atom stereocenters. The van der Waals surface area contributed by atoms with E-state index in [9.17, 15) is 9.90 Å². The van der Waals surface area contributed by atoms with E-state index >= 15 is 0 Å². The quantitative estimate of drug-likeness (QED) is 0.875. The molecule has 1 amide bonds. The Kier molecular flexibility index (Phi) is 4.85. The summed E-state index contributed by atoms with van der Waals surface area (Å²) in [5.41, 5.74) is 0.0458. The van der Waals surface area contributed by atoms with E-state index in [1.165, 1.54) is 25.7 Å². The number of hydrogen-bond acceptors (Lipinski definition) is 4. The van der Waals surface area contributed by atoms with Crippen LogP contribution in [0.3, 0.4) is 0 Å². The van der Waals surface area contributed by atoms with Crippen LogP contribution in [-0.4, -0.2) is 41.2 Å². The van der Waals surface area contributed by atoms with Gasteiger partial charge in [-0.05, 0) is 50.7 Å². The lowest BCUT2D eigenvalue weighted by Gasteiger charge is -2.28. The third kappa shape index (κ3) is 3.83. The SMILES string of the molecule is CC(CO)(NC(=O)c1ccc(N2CCCCCC2)nc1)C1CC1. The van der Waals surface area contributed by atoms with Gasteiger partial charge in [0, 0.05) is 19.3 Å². The van der Waals surface area contributed by atoms with E-state index in [0.29, 0.717) is 11.5 Å². The third-order valence-corrected chi connectivity index (χ3v) is 5.15. The molecule has 1 aliphatic carbocycles. The summed E-state index contributed by atoms with van der Waals surface area (Å²) < 4.78 is 0. The van der Waals surface area contributed by atoms with Crippen LogP contribution in [0.4, 0.5) is 5.82 Å². The van der Waals surface area contributed by atoms with E-state index in [4.69, 9.17) is 0 Å². The molecule has 1 aliphatic heterocycles. The Bertz CT molecular complexity index is 534. The maximum absolute atomic E-state index is 12.4. The maximum atomic E-state index is 12.4. The zero-order chi connectivity index (χ0) is 16.3. The lowest BCUT2D eigenvalue weighted by atomic mass is 9.96. The monoisotopic (exact) mass is 317 g/mol. The summed E-state index contributed by atoms with van der Waals surface area (Å²) in [6, 6.07) is 3.78. The molecule has 1 saturated carbocycles. The molecule has 2 aliphatic rings. The van der Waals surface area contributed by atoms with Gasteiger partial charge < -0.3 is 15.3 Å². The summed E-state index contributed by atoms with van der Waals surface area (Å²) in [5, 5.41) is 12.6. The number of carbonyl (C=O) groups is 1. The Morgan fingerprint density at radius 1 is 1.30 bits per heavy atom. The Morgan fingerprint density at radius 2 is 2.00 bits per heavy atom. The second-order valence-electron chi connectivity index (χ2n) is 7.11. The molecule has 0 radical (unpaired) electrons. The molecule has 0 bridgehead atoms. The van der Waals surface area contributed by atoms with Crippen molar-refractivity contribution >= 4 is 11.7 Å². The largest absolute Gasteiger partial charge is 0.394 e. The Labute approximate surface area is 138 Å². The van der Waals surface area contributed by atoms with E-state index in [1.807, 2.05) is 19.1 Å². The summed E-state index contributed by atoms with van der Waals surface area (Å²) in [6.07, 6.45) is 8.79. The van der Waals surface area contributed by atoms with Crippen molar-refractivity contribution in [2.75, 3.05) is 24.6 Å². The molecule has 2 heterocycles. The summed E-state index contributed by atoms with van der Waals surface area (Å²) in [7, 11) is 0. The number of rotatable bonds is 5. The van der Waals surface area contributed by atoms with Crippen molar-refractivity contribution in [1.82, 2.24) is 10.3 Å². The van der Waals surface area contributed by atoms with Gasteiger partial charge in [-0.3, -0.25) is 4.79 Å². The molecular weight excluding hydrogens is 290 g/mol. The van der Waals surface area contributed by atoms with Crippen molar-refractivity contribution in [3.05, 3.63) is 23.9 Å². The van der Waals surface area contributed by atoms with Crippen LogP contribution in [0, 0.1) is 5.92 Å². The second-order valence-corrected chi connectivity index (χ2v) is 7.11. The topological polar surface area (TPSA) is 65.5 Å². The van der Waals surface area contributed by atoms with E-state index in [-0.39, 0.29) is 12.5 Å². The average Bonchev–Trinajstić information content (AvgIpc) is 3.41. The second kappa shape index (κ2) is 6.87. The van der Waals surface area contributed by atoms with Gasteiger partial charge in [0.2, 0.25) is 0 Å². The molecule has 3 rings (SSSR count). The first-order chi connectivity index (χ1) is 11.1. The van der Waals surface area contributed by atoms with Gasteiger partial charge in [0.05, 0.1) is 17.7 Å². The Balaban J connectivity index is 1.65. The number of aliphatic hydroxyl groups excluding tert-OH is 1. The van der Waals surface area contributed by atoms with Gasteiger partial charge in [0.1, 0.15) is 5.82 Å². The van der Waals surface area contributed by atoms with Gasteiger partial charge >= 0.3 is 0 Å². The molecule has 0 aromatic carbocycles. The van der Waals surface area contributed by atoms with Crippen molar-refractivity contribution in [1.29, 1.82) is 0 Å². The fourth-order valence-electron chi connectivity index (χ4n) is 3.33. The van der Waals surface area contributed by atoms with E-state index in [1.54, 1.807) is 6.20 Å². The van der Waals surface area contributed by atoms with Crippen LogP contribution in [-0.2, 0) is 0 Å². The van der Waals surface area contributed by atoms with Crippen molar-refractivity contribution < 1.29 is 9.90 Å².